The zero-order valence-electron chi connectivity index (χ0n) is 7.42. The van der Waals surface area contributed by atoms with Crippen molar-refractivity contribution in [3.8, 4) is 0 Å². The maximum atomic E-state index is 5.29. The molecule has 0 saturated heterocycles. The molecule has 0 aliphatic rings. The highest BCUT2D eigenvalue weighted by Gasteiger charge is 1.93. The second-order valence-corrected chi connectivity index (χ2v) is 2.58. The Hall–Kier alpha value is -0.120. The summed E-state index contributed by atoms with van der Waals surface area (Å²) in [7, 11) is 6.01. The van der Waals surface area contributed by atoms with Crippen LogP contribution in [0, 0.1) is 0 Å². The van der Waals surface area contributed by atoms with E-state index >= 15 is 0 Å². The van der Waals surface area contributed by atoms with Gasteiger partial charge in [0.2, 0.25) is 0 Å². The van der Waals surface area contributed by atoms with Crippen LogP contribution >= 0.6 is 0 Å². The molecule has 0 atom stereocenters. The van der Waals surface area contributed by atoms with E-state index < -0.39 is 0 Å². The van der Waals surface area contributed by atoms with E-state index in [0.29, 0.717) is 0 Å². The summed E-state index contributed by atoms with van der Waals surface area (Å²) < 4.78 is 0. The third kappa shape index (κ3) is 6.01. The average Bonchev–Trinajstić information content (AvgIpc) is 1.87. The van der Waals surface area contributed by atoms with Gasteiger partial charge in [-0.15, -0.1) is 0 Å². The van der Waals surface area contributed by atoms with Gasteiger partial charge in [-0.1, -0.05) is 6.92 Å². The summed E-state index contributed by atoms with van der Waals surface area (Å²) in [6.45, 7) is 4.75. The molecular weight excluding hydrogens is 128 g/mol. The van der Waals surface area contributed by atoms with Gasteiger partial charge >= 0.3 is 0 Å². The fourth-order valence-electron chi connectivity index (χ4n) is 0.471. The van der Waals surface area contributed by atoms with Gasteiger partial charge in [0.05, 0.1) is 6.61 Å². The van der Waals surface area contributed by atoms with Gasteiger partial charge in [0, 0.05) is 20.1 Å². The molecule has 0 aromatic carbocycles. The number of hydrogen-bond acceptors (Lipinski definition) is 3. The first-order chi connectivity index (χ1) is 4.66. The van der Waals surface area contributed by atoms with Crippen LogP contribution in [0.3, 0.4) is 0 Å². The second kappa shape index (κ2) is 5.65. The number of hydroxylamine groups is 2. The monoisotopic (exact) mass is 146 g/mol. The lowest BCUT2D eigenvalue weighted by molar-refractivity contribution is -0.138. The second-order valence-electron chi connectivity index (χ2n) is 2.58. The highest BCUT2D eigenvalue weighted by atomic mass is 16.7. The van der Waals surface area contributed by atoms with Crippen LogP contribution in [0.25, 0.3) is 0 Å². The minimum absolute atomic E-state index is 0.775. The third-order valence-corrected chi connectivity index (χ3v) is 1.30. The Morgan fingerprint density at radius 2 is 1.80 bits per heavy atom. The van der Waals surface area contributed by atoms with Crippen molar-refractivity contribution in [3.05, 3.63) is 0 Å². The molecular formula is C7H18N2O. The summed E-state index contributed by atoms with van der Waals surface area (Å²) in [4.78, 5) is 7.39. The van der Waals surface area contributed by atoms with E-state index in [1.54, 1.807) is 0 Å². The first-order valence-electron chi connectivity index (χ1n) is 3.65. The largest absolute Gasteiger partial charge is 0.307 e. The number of hydrogen-bond donors (Lipinski definition) is 0. The van der Waals surface area contributed by atoms with Crippen molar-refractivity contribution in [1.29, 1.82) is 0 Å². The van der Waals surface area contributed by atoms with Crippen molar-refractivity contribution >= 4 is 0 Å². The highest BCUT2D eigenvalue weighted by Crippen LogP contribution is 1.83. The summed E-state index contributed by atoms with van der Waals surface area (Å²) in [6.07, 6.45) is 0. The van der Waals surface area contributed by atoms with Gasteiger partial charge in [0.15, 0.2) is 0 Å². The van der Waals surface area contributed by atoms with Crippen molar-refractivity contribution in [2.45, 2.75) is 6.92 Å². The van der Waals surface area contributed by atoms with E-state index in [0.717, 1.165) is 19.7 Å². The van der Waals surface area contributed by atoms with Gasteiger partial charge in [0.25, 0.3) is 0 Å². The summed E-state index contributed by atoms with van der Waals surface area (Å²) in [5, 5.41) is 1.84. The molecule has 3 nitrogen and oxygen atoms in total. The van der Waals surface area contributed by atoms with Crippen molar-refractivity contribution in [3.63, 3.8) is 0 Å². The molecule has 0 bridgehead atoms. The molecule has 0 amide bonds. The number of nitrogens with zero attached hydrogens (tertiary/aromatic N) is 2. The molecule has 0 N–H and O–H groups in total. The third-order valence-electron chi connectivity index (χ3n) is 1.30. The van der Waals surface area contributed by atoms with E-state index in [1.165, 1.54) is 0 Å². The zero-order chi connectivity index (χ0) is 7.98. The lowest BCUT2D eigenvalue weighted by Gasteiger charge is -2.15. The summed E-state index contributed by atoms with van der Waals surface area (Å²) in [5.74, 6) is 0. The van der Waals surface area contributed by atoms with Crippen molar-refractivity contribution in [2.75, 3.05) is 40.8 Å². The van der Waals surface area contributed by atoms with Crippen LogP contribution in [0.5, 0.6) is 0 Å². The van der Waals surface area contributed by atoms with Crippen molar-refractivity contribution in [2.24, 2.45) is 0 Å². The van der Waals surface area contributed by atoms with Crippen LogP contribution in [0.15, 0.2) is 0 Å². The molecule has 0 unspecified atom stereocenters. The van der Waals surface area contributed by atoms with E-state index in [2.05, 4.69) is 11.8 Å². The molecule has 0 aliphatic heterocycles. The van der Waals surface area contributed by atoms with Crippen LogP contribution in [0.1, 0.15) is 6.92 Å². The molecule has 3 heteroatoms. The van der Waals surface area contributed by atoms with Crippen LogP contribution in [0.2, 0.25) is 0 Å². The quantitative estimate of drug-likeness (QED) is 0.523. The molecule has 10 heavy (non-hydrogen) atoms. The van der Waals surface area contributed by atoms with Gasteiger partial charge < -0.3 is 4.90 Å². The standard InChI is InChI=1S/C7H18N2O/c1-5-9(4)10-7-6-8(2)3/h5-7H2,1-4H3. The van der Waals surface area contributed by atoms with Gasteiger partial charge in [-0.05, 0) is 14.1 Å². The topological polar surface area (TPSA) is 15.7 Å². The smallest absolute Gasteiger partial charge is 0.0811 e. The van der Waals surface area contributed by atoms with Gasteiger partial charge in [-0.2, -0.15) is 5.06 Å². The first kappa shape index (κ1) is 9.88. The fraction of sp³-hybridized carbons (Fsp3) is 1.00. The Morgan fingerprint density at radius 1 is 1.20 bits per heavy atom. The number of rotatable bonds is 5. The maximum absolute atomic E-state index is 5.29. The molecule has 0 fully saturated rings. The Labute approximate surface area is 63.5 Å². The molecule has 0 radical (unpaired) electrons. The summed E-state index contributed by atoms with van der Waals surface area (Å²) >= 11 is 0. The SMILES string of the molecule is CCN(C)OCCN(C)C. The molecule has 0 aromatic heterocycles. The predicted octanol–water partition coefficient (Wildman–Crippen LogP) is 0.431. The fourth-order valence-corrected chi connectivity index (χ4v) is 0.471. The lowest BCUT2D eigenvalue weighted by Crippen LogP contribution is -2.25. The summed E-state index contributed by atoms with van der Waals surface area (Å²) in [5.41, 5.74) is 0. The van der Waals surface area contributed by atoms with E-state index in [1.807, 2.05) is 26.2 Å². The van der Waals surface area contributed by atoms with Crippen molar-refractivity contribution < 1.29 is 4.84 Å². The molecule has 0 rings (SSSR count). The summed E-state index contributed by atoms with van der Waals surface area (Å²) in [6, 6.07) is 0. The van der Waals surface area contributed by atoms with E-state index in [4.69, 9.17) is 4.84 Å². The van der Waals surface area contributed by atoms with Gasteiger partial charge in [0.1, 0.15) is 0 Å². The molecule has 0 aliphatic carbocycles. The van der Waals surface area contributed by atoms with Crippen molar-refractivity contribution in [1.82, 2.24) is 9.96 Å². The van der Waals surface area contributed by atoms with Gasteiger partial charge in [-0.3, -0.25) is 4.84 Å². The van der Waals surface area contributed by atoms with Crippen LogP contribution in [-0.2, 0) is 4.84 Å². The minimum atomic E-state index is 0.775. The Bertz CT molecular complexity index is 76.0. The normalized spacial score (nSPS) is 11.4. The van der Waals surface area contributed by atoms with Crippen LogP contribution in [0.4, 0.5) is 0 Å². The predicted molar refractivity (Wildman–Crippen MR) is 42.8 cm³/mol. The van der Waals surface area contributed by atoms with E-state index in [9.17, 15) is 0 Å². The average molecular weight is 146 g/mol. The maximum Gasteiger partial charge on any atom is 0.0811 e. The molecule has 0 heterocycles. The zero-order valence-corrected chi connectivity index (χ0v) is 7.42. The number of likely N-dealkylation sites (N-methyl/N-ethyl adjacent to an activating group) is 1. The van der Waals surface area contributed by atoms with Crippen LogP contribution < -0.4 is 0 Å². The van der Waals surface area contributed by atoms with E-state index in [-0.39, 0.29) is 0 Å². The Balaban J connectivity index is 3.03. The molecule has 0 saturated carbocycles. The first-order valence-corrected chi connectivity index (χ1v) is 3.65. The minimum Gasteiger partial charge on any atom is -0.307 e. The highest BCUT2D eigenvalue weighted by molar-refractivity contribution is 4.38. The molecule has 62 valence electrons. The Morgan fingerprint density at radius 3 is 2.20 bits per heavy atom. The molecule has 0 aromatic rings. The molecule has 0 spiro atoms. The Kier molecular flexibility index (Phi) is 5.58. The van der Waals surface area contributed by atoms with Gasteiger partial charge in [-0.25, -0.2) is 0 Å². The lowest BCUT2D eigenvalue weighted by atomic mass is 10.6. The van der Waals surface area contributed by atoms with Crippen LogP contribution in [-0.4, -0.2) is 50.8 Å².